The fourth-order valence-corrected chi connectivity index (χ4v) is 2.62. The van der Waals surface area contributed by atoms with Crippen molar-refractivity contribution in [3.05, 3.63) is 70.9 Å². The van der Waals surface area contributed by atoms with Gasteiger partial charge in [0.25, 0.3) is 0 Å². The maximum atomic E-state index is 6.16. The lowest BCUT2D eigenvalue weighted by Gasteiger charge is -2.09. The molecule has 0 aliphatic rings. The smallest absolute Gasteiger partial charge is 0.224 e. The summed E-state index contributed by atoms with van der Waals surface area (Å²) in [6.07, 6.45) is 2.60. The monoisotopic (exact) mass is 368 g/mol. The molecule has 0 aliphatic carbocycles. The predicted octanol–water partition coefficient (Wildman–Crippen LogP) is 4.85. The van der Waals surface area contributed by atoms with Crippen LogP contribution in [0.15, 0.2) is 54.7 Å². The van der Waals surface area contributed by atoms with Crippen LogP contribution < -0.4 is 15.4 Å². The topological polar surface area (TPSA) is 59.1 Å². The van der Waals surface area contributed by atoms with Crippen molar-refractivity contribution in [1.29, 1.82) is 0 Å². The van der Waals surface area contributed by atoms with Crippen molar-refractivity contribution < 1.29 is 4.74 Å². The van der Waals surface area contributed by atoms with Crippen molar-refractivity contribution in [2.24, 2.45) is 0 Å². The lowest BCUT2D eigenvalue weighted by atomic mass is 10.1. The summed E-state index contributed by atoms with van der Waals surface area (Å²) in [5.41, 5.74) is 3.16. The highest BCUT2D eigenvalue weighted by molar-refractivity contribution is 6.31. The molecule has 0 radical (unpaired) electrons. The first kappa shape index (κ1) is 18.0. The van der Waals surface area contributed by atoms with Crippen molar-refractivity contribution >= 4 is 29.1 Å². The third kappa shape index (κ3) is 4.86. The van der Waals surface area contributed by atoms with Crippen molar-refractivity contribution in [3.63, 3.8) is 0 Å². The normalized spacial score (nSPS) is 10.4. The van der Waals surface area contributed by atoms with Gasteiger partial charge in [-0.25, -0.2) is 4.98 Å². The van der Waals surface area contributed by atoms with Crippen LogP contribution in [0.25, 0.3) is 0 Å². The maximum Gasteiger partial charge on any atom is 0.224 e. The van der Waals surface area contributed by atoms with E-state index in [-0.39, 0.29) is 0 Å². The number of nitrogens with one attached hydrogen (secondary N) is 2. The highest BCUT2D eigenvalue weighted by Gasteiger charge is 2.02. The molecule has 5 nitrogen and oxygen atoms in total. The van der Waals surface area contributed by atoms with Gasteiger partial charge in [0.2, 0.25) is 5.95 Å². The van der Waals surface area contributed by atoms with Gasteiger partial charge in [-0.3, -0.25) is 0 Å². The fourth-order valence-electron chi connectivity index (χ4n) is 2.44. The molecule has 0 spiro atoms. The molecule has 0 atom stereocenters. The Morgan fingerprint density at radius 3 is 2.62 bits per heavy atom. The molecule has 3 rings (SSSR count). The van der Waals surface area contributed by atoms with Crippen LogP contribution in [0.5, 0.6) is 5.75 Å². The number of methoxy groups -OCH3 is 1. The highest BCUT2D eigenvalue weighted by atomic mass is 35.5. The van der Waals surface area contributed by atoms with Gasteiger partial charge >= 0.3 is 0 Å². The molecule has 1 heterocycles. The molecule has 0 bridgehead atoms. The number of ether oxygens (including phenoxy) is 1. The Bertz CT molecular complexity index is 868. The summed E-state index contributed by atoms with van der Waals surface area (Å²) >= 11 is 6.16. The van der Waals surface area contributed by atoms with E-state index >= 15 is 0 Å². The molecule has 2 N–H and O–H groups in total. The van der Waals surface area contributed by atoms with Gasteiger partial charge < -0.3 is 15.4 Å². The summed E-state index contributed by atoms with van der Waals surface area (Å²) in [5, 5.41) is 7.22. The molecular weight excluding hydrogens is 348 g/mol. The van der Waals surface area contributed by atoms with Crippen molar-refractivity contribution in [3.8, 4) is 5.75 Å². The third-order valence-corrected chi connectivity index (χ3v) is 4.36. The van der Waals surface area contributed by atoms with Crippen molar-refractivity contribution in [2.75, 3.05) is 24.3 Å². The Hall–Kier alpha value is -2.79. The number of aryl methyl sites for hydroxylation is 1. The summed E-state index contributed by atoms with van der Waals surface area (Å²) in [4.78, 5) is 8.75. The van der Waals surface area contributed by atoms with Crippen LogP contribution in [-0.4, -0.2) is 23.6 Å². The SMILES string of the molecule is COc1ccc(CCNc2nccc(Nc3ccc(C)c(Cl)c3)n2)cc1. The molecule has 6 heteroatoms. The zero-order valence-corrected chi connectivity index (χ0v) is 15.5. The zero-order chi connectivity index (χ0) is 18.4. The Morgan fingerprint density at radius 2 is 1.88 bits per heavy atom. The third-order valence-electron chi connectivity index (χ3n) is 3.96. The minimum atomic E-state index is 0.585. The van der Waals surface area contributed by atoms with Crippen LogP contribution in [0.3, 0.4) is 0 Å². The Morgan fingerprint density at radius 1 is 1.08 bits per heavy atom. The first-order chi connectivity index (χ1) is 12.6. The molecule has 0 aliphatic heterocycles. The summed E-state index contributed by atoms with van der Waals surface area (Å²) in [6, 6.07) is 15.7. The molecule has 0 saturated carbocycles. The second kappa shape index (κ2) is 8.54. The van der Waals surface area contributed by atoms with Gasteiger partial charge in [-0.2, -0.15) is 4.98 Å². The van der Waals surface area contributed by atoms with Crippen LogP contribution >= 0.6 is 11.6 Å². The van der Waals surface area contributed by atoms with Crippen LogP contribution in [0.4, 0.5) is 17.5 Å². The second-order valence-electron chi connectivity index (χ2n) is 5.88. The Balaban J connectivity index is 1.57. The Kier molecular flexibility index (Phi) is 5.92. The van der Waals surface area contributed by atoms with Gasteiger partial charge in [0.15, 0.2) is 0 Å². The number of aromatic nitrogens is 2. The number of rotatable bonds is 7. The van der Waals surface area contributed by atoms with Gasteiger partial charge in [0, 0.05) is 23.5 Å². The van der Waals surface area contributed by atoms with E-state index in [0.717, 1.165) is 35.0 Å². The minimum absolute atomic E-state index is 0.585. The van der Waals surface area contributed by atoms with Crippen LogP contribution in [0.2, 0.25) is 5.02 Å². The van der Waals surface area contributed by atoms with E-state index < -0.39 is 0 Å². The molecule has 26 heavy (non-hydrogen) atoms. The fraction of sp³-hybridized carbons (Fsp3) is 0.200. The zero-order valence-electron chi connectivity index (χ0n) is 14.8. The minimum Gasteiger partial charge on any atom is -0.497 e. The van der Waals surface area contributed by atoms with Crippen molar-refractivity contribution in [1.82, 2.24) is 9.97 Å². The quantitative estimate of drug-likeness (QED) is 0.624. The standard InChI is InChI=1S/C20H21ClN4O/c1-14-3-6-16(13-18(14)21)24-19-10-12-23-20(25-19)22-11-9-15-4-7-17(26-2)8-5-15/h3-8,10,12-13H,9,11H2,1-2H3,(H2,22,23,24,25). The molecule has 1 aromatic heterocycles. The van der Waals surface area contributed by atoms with E-state index in [0.29, 0.717) is 11.8 Å². The van der Waals surface area contributed by atoms with Crippen LogP contribution in [0.1, 0.15) is 11.1 Å². The number of hydrogen-bond acceptors (Lipinski definition) is 5. The number of benzene rings is 2. The average molecular weight is 369 g/mol. The first-order valence-corrected chi connectivity index (χ1v) is 8.75. The molecule has 0 saturated heterocycles. The molecule has 2 aromatic carbocycles. The molecule has 0 amide bonds. The average Bonchev–Trinajstić information content (AvgIpc) is 2.66. The molecule has 3 aromatic rings. The van der Waals surface area contributed by atoms with Crippen molar-refractivity contribution in [2.45, 2.75) is 13.3 Å². The first-order valence-electron chi connectivity index (χ1n) is 8.37. The lowest BCUT2D eigenvalue weighted by molar-refractivity contribution is 0.414. The highest BCUT2D eigenvalue weighted by Crippen LogP contribution is 2.22. The molecule has 0 fully saturated rings. The van der Waals surface area contributed by atoms with E-state index in [2.05, 4.69) is 32.7 Å². The molecule has 0 unspecified atom stereocenters. The van der Waals surface area contributed by atoms with Crippen LogP contribution in [0, 0.1) is 6.92 Å². The summed E-state index contributed by atoms with van der Waals surface area (Å²) in [5.74, 6) is 2.16. The van der Waals surface area contributed by atoms with E-state index in [9.17, 15) is 0 Å². The second-order valence-corrected chi connectivity index (χ2v) is 6.29. The summed E-state index contributed by atoms with van der Waals surface area (Å²) < 4.78 is 5.17. The largest absolute Gasteiger partial charge is 0.497 e. The van der Waals surface area contributed by atoms with E-state index in [1.54, 1.807) is 13.3 Å². The van der Waals surface area contributed by atoms with Gasteiger partial charge in [-0.15, -0.1) is 0 Å². The molecule has 134 valence electrons. The van der Waals surface area contributed by atoms with E-state index in [1.165, 1.54) is 5.56 Å². The number of anilines is 3. The van der Waals surface area contributed by atoms with Gasteiger partial charge in [0.05, 0.1) is 7.11 Å². The van der Waals surface area contributed by atoms with Gasteiger partial charge in [-0.1, -0.05) is 29.8 Å². The molecular formula is C20H21ClN4O. The maximum absolute atomic E-state index is 6.16. The number of nitrogens with zero attached hydrogens (tertiary/aromatic N) is 2. The van der Waals surface area contributed by atoms with E-state index in [1.807, 2.05) is 43.3 Å². The van der Waals surface area contributed by atoms with Gasteiger partial charge in [0.1, 0.15) is 11.6 Å². The van der Waals surface area contributed by atoms with Gasteiger partial charge in [-0.05, 0) is 54.8 Å². The number of halogens is 1. The Labute approximate surface area is 158 Å². The number of hydrogen-bond donors (Lipinski definition) is 2. The summed E-state index contributed by atoms with van der Waals surface area (Å²) in [7, 11) is 1.67. The van der Waals surface area contributed by atoms with Crippen LogP contribution in [-0.2, 0) is 6.42 Å². The predicted molar refractivity (Wildman–Crippen MR) is 107 cm³/mol. The lowest BCUT2D eigenvalue weighted by Crippen LogP contribution is -2.08. The van der Waals surface area contributed by atoms with E-state index in [4.69, 9.17) is 16.3 Å². The summed E-state index contributed by atoms with van der Waals surface area (Å²) in [6.45, 7) is 2.72.